The van der Waals surface area contributed by atoms with Crippen LogP contribution in [0.5, 0.6) is 0 Å². The van der Waals surface area contributed by atoms with Gasteiger partial charge in [0.05, 0.1) is 0 Å². The van der Waals surface area contributed by atoms with E-state index in [4.69, 9.17) is 0 Å². The predicted molar refractivity (Wildman–Crippen MR) is 92.0 cm³/mol. The number of hydrogen-bond acceptors (Lipinski definition) is 2. The normalized spacial score (nSPS) is 22.0. The third-order valence-corrected chi connectivity index (χ3v) is 5.04. The maximum atomic E-state index is 3.57. The average molecular weight is 288 g/mol. The van der Waals surface area contributed by atoms with E-state index in [1.165, 1.54) is 54.5 Å². The molecule has 0 bridgehead atoms. The van der Waals surface area contributed by atoms with Gasteiger partial charge in [0, 0.05) is 18.6 Å². The highest BCUT2D eigenvalue weighted by Gasteiger charge is 2.22. The fourth-order valence-corrected chi connectivity index (χ4v) is 3.91. The molecule has 1 aliphatic heterocycles. The number of likely N-dealkylation sites (N-methyl/N-ethyl adjacent to an activating group) is 1. The summed E-state index contributed by atoms with van der Waals surface area (Å²) in [6, 6.07) is 5.79. The van der Waals surface area contributed by atoms with Crippen molar-refractivity contribution in [2.75, 3.05) is 20.1 Å². The van der Waals surface area contributed by atoms with Gasteiger partial charge in [0.15, 0.2) is 0 Å². The van der Waals surface area contributed by atoms with Gasteiger partial charge in [-0.05, 0) is 70.8 Å². The summed E-state index contributed by atoms with van der Waals surface area (Å²) in [5.74, 6) is 0. The standard InChI is InChI=1S/C19H32N2/c1-14-11-15(2)19(16(3)12-14)18(20-5)13-21-10-8-6-7-9-17(21)4/h11-12,17-18,20H,6-10,13H2,1-5H3. The maximum absolute atomic E-state index is 3.57. The second-order valence-corrected chi connectivity index (χ2v) is 6.85. The van der Waals surface area contributed by atoms with Crippen molar-refractivity contribution in [2.24, 2.45) is 0 Å². The average Bonchev–Trinajstić information content (AvgIpc) is 2.61. The van der Waals surface area contributed by atoms with Crippen LogP contribution in [0.1, 0.15) is 60.9 Å². The minimum Gasteiger partial charge on any atom is -0.312 e. The molecule has 1 aliphatic rings. The molecule has 0 aliphatic carbocycles. The number of benzene rings is 1. The van der Waals surface area contributed by atoms with Crippen LogP contribution in [-0.4, -0.2) is 31.1 Å². The first kappa shape index (κ1) is 16.5. The van der Waals surface area contributed by atoms with E-state index in [-0.39, 0.29) is 0 Å². The van der Waals surface area contributed by atoms with Crippen LogP contribution in [0.15, 0.2) is 12.1 Å². The van der Waals surface area contributed by atoms with E-state index < -0.39 is 0 Å². The molecule has 2 nitrogen and oxygen atoms in total. The highest BCUT2D eigenvalue weighted by molar-refractivity contribution is 5.39. The molecule has 118 valence electrons. The minimum atomic E-state index is 0.436. The largest absolute Gasteiger partial charge is 0.312 e. The first-order chi connectivity index (χ1) is 10.0. The number of likely N-dealkylation sites (tertiary alicyclic amines) is 1. The molecule has 1 aromatic carbocycles. The molecule has 1 fully saturated rings. The van der Waals surface area contributed by atoms with Gasteiger partial charge in [-0.3, -0.25) is 4.90 Å². The molecule has 1 N–H and O–H groups in total. The Morgan fingerprint density at radius 2 is 1.81 bits per heavy atom. The summed E-state index contributed by atoms with van der Waals surface area (Å²) in [5.41, 5.74) is 5.72. The second kappa shape index (κ2) is 7.42. The topological polar surface area (TPSA) is 15.3 Å². The van der Waals surface area contributed by atoms with Gasteiger partial charge in [-0.1, -0.05) is 30.5 Å². The second-order valence-electron chi connectivity index (χ2n) is 6.85. The zero-order chi connectivity index (χ0) is 15.4. The summed E-state index contributed by atoms with van der Waals surface area (Å²) in [7, 11) is 2.10. The Labute approximate surface area is 130 Å². The quantitative estimate of drug-likeness (QED) is 0.896. The highest BCUT2D eigenvalue weighted by Crippen LogP contribution is 2.26. The number of nitrogens with zero attached hydrogens (tertiary/aromatic N) is 1. The monoisotopic (exact) mass is 288 g/mol. The Morgan fingerprint density at radius 1 is 1.14 bits per heavy atom. The van der Waals surface area contributed by atoms with Crippen molar-refractivity contribution in [1.29, 1.82) is 0 Å². The molecular formula is C19H32N2. The van der Waals surface area contributed by atoms with Crippen LogP contribution in [0.3, 0.4) is 0 Å². The van der Waals surface area contributed by atoms with Gasteiger partial charge in [0.1, 0.15) is 0 Å². The zero-order valence-corrected chi connectivity index (χ0v) is 14.5. The van der Waals surface area contributed by atoms with Crippen molar-refractivity contribution in [3.8, 4) is 0 Å². The van der Waals surface area contributed by atoms with Crippen molar-refractivity contribution in [1.82, 2.24) is 10.2 Å². The van der Waals surface area contributed by atoms with Crippen molar-refractivity contribution in [3.63, 3.8) is 0 Å². The third kappa shape index (κ3) is 4.08. The molecule has 2 heteroatoms. The van der Waals surface area contributed by atoms with Crippen LogP contribution in [0.25, 0.3) is 0 Å². The summed E-state index contributed by atoms with van der Waals surface area (Å²) >= 11 is 0. The predicted octanol–water partition coefficient (Wildman–Crippen LogP) is 4.14. The Bertz CT molecular complexity index is 444. The Balaban J connectivity index is 2.19. The van der Waals surface area contributed by atoms with Gasteiger partial charge in [0.25, 0.3) is 0 Å². The van der Waals surface area contributed by atoms with Crippen LogP contribution in [-0.2, 0) is 0 Å². The Kier molecular flexibility index (Phi) is 5.83. The Morgan fingerprint density at radius 3 is 2.43 bits per heavy atom. The molecule has 1 heterocycles. The molecule has 2 rings (SSSR count). The Hall–Kier alpha value is -0.860. The molecule has 2 unspecified atom stereocenters. The van der Waals surface area contributed by atoms with Crippen molar-refractivity contribution >= 4 is 0 Å². The molecule has 0 aromatic heterocycles. The summed E-state index contributed by atoms with van der Waals surface area (Å²) in [6.45, 7) is 11.5. The highest BCUT2D eigenvalue weighted by atomic mass is 15.2. The van der Waals surface area contributed by atoms with Crippen molar-refractivity contribution in [3.05, 3.63) is 34.4 Å². The van der Waals surface area contributed by atoms with Crippen LogP contribution >= 0.6 is 0 Å². The van der Waals surface area contributed by atoms with Crippen molar-refractivity contribution < 1.29 is 0 Å². The van der Waals surface area contributed by atoms with E-state index in [1.54, 1.807) is 0 Å². The van der Waals surface area contributed by atoms with Gasteiger partial charge in [-0.2, -0.15) is 0 Å². The molecule has 0 radical (unpaired) electrons. The minimum absolute atomic E-state index is 0.436. The molecule has 2 atom stereocenters. The van der Waals surface area contributed by atoms with Gasteiger partial charge in [-0.15, -0.1) is 0 Å². The molecule has 1 saturated heterocycles. The van der Waals surface area contributed by atoms with Crippen LogP contribution in [0.4, 0.5) is 0 Å². The summed E-state index contributed by atoms with van der Waals surface area (Å²) in [4.78, 5) is 2.69. The lowest BCUT2D eigenvalue weighted by Crippen LogP contribution is -2.39. The maximum Gasteiger partial charge on any atom is 0.0452 e. The summed E-state index contributed by atoms with van der Waals surface area (Å²) in [6.07, 6.45) is 5.49. The van der Waals surface area contributed by atoms with E-state index >= 15 is 0 Å². The molecule has 1 aromatic rings. The molecule has 0 saturated carbocycles. The number of nitrogens with one attached hydrogen (secondary N) is 1. The van der Waals surface area contributed by atoms with E-state index in [2.05, 4.69) is 57.1 Å². The number of aryl methyl sites for hydroxylation is 3. The number of hydrogen-bond donors (Lipinski definition) is 1. The van der Waals surface area contributed by atoms with Gasteiger partial charge in [0.2, 0.25) is 0 Å². The first-order valence-corrected chi connectivity index (χ1v) is 8.52. The fourth-order valence-electron chi connectivity index (χ4n) is 3.91. The summed E-state index contributed by atoms with van der Waals surface area (Å²) in [5, 5.41) is 3.57. The molecular weight excluding hydrogens is 256 g/mol. The van der Waals surface area contributed by atoms with E-state index in [0.717, 1.165) is 12.6 Å². The SMILES string of the molecule is CNC(CN1CCCCCC1C)c1c(C)cc(C)cc1C. The lowest BCUT2D eigenvalue weighted by atomic mass is 9.93. The van der Waals surface area contributed by atoms with Crippen LogP contribution in [0, 0.1) is 20.8 Å². The third-order valence-electron chi connectivity index (χ3n) is 5.04. The summed E-state index contributed by atoms with van der Waals surface area (Å²) < 4.78 is 0. The van der Waals surface area contributed by atoms with Gasteiger partial charge >= 0.3 is 0 Å². The molecule has 0 amide bonds. The van der Waals surface area contributed by atoms with Crippen LogP contribution in [0.2, 0.25) is 0 Å². The zero-order valence-electron chi connectivity index (χ0n) is 14.5. The fraction of sp³-hybridized carbons (Fsp3) is 0.684. The van der Waals surface area contributed by atoms with E-state index in [9.17, 15) is 0 Å². The van der Waals surface area contributed by atoms with Crippen molar-refractivity contribution in [2.45, 2.75) is 65.5 Å². The molecule has 0 spiro atoms. The van der Waals surface area contributed by atoms with Crippen LogP contribution < -0.4 is 5.32 Å². The van der Waals surface area contributed by atoms with Gasteiger partial charge in [-0.25, -0.2) is 0 Å². The lowest BCUT2D eigenvalue weighted by Gasteiger charge is -2.32. The van der Waals surface area contributed by atoms with Gasteiger partial charge < -0.3 is 5.32 Å². The molecule has 21 heavy (non-hydrogen) atoms. The van der Waals surface area contributed by atoms with E-state index in [1.807, 2.05) is 0 Å². The first-order valence-electron chi connectivity index (χ1n) is 8.52. The smallest absolute Gasteiger partial charge is 0.0452 e. The lowest BCUT2D eigenvalue weighted by molar-refractivity contribution is 0.192. The number of rotatable bonds is 4. The van der Waals surface area contributed by atoms with E-state index in [0.29, 0.717) is 6.04 Å².